The Labute approximate surface area is 64.0 Å². The minimum Gasteiger partial charge on any atom is -0.274 e. The van der Waals surface area contributed by atoms with Gasteiger partial charge in [0.1, 0.15) is 0 Å². The molecule has 1 aliphatic rings. The largest absolute Gasteiger partial charge is 0.274 e. The van der Waals surface area contributed by atoms with E-state index in [0.717, 1.165) is 4.90 Å². The van der Waals surface area contributed by atoms with Gasteiger partial charge < -0.3 is 0 Å². The Bertz CT molecular complexity index is 196. The summed E-state index contributed by atoms with van der Waals surface area (Å²) in [4.78, 5) is 23.0. The van der Waals surface area contributed by atoms with E-state index in [1.807, 2.05) is 0 Å². The average molecular weight is 157 g/mol. The molecule has 1 fully saturated rings. The van der Waals surface area contributed by atoms with Crippen LogP contribution in [0.15, 0.2) is 0 Å². The van der Waals surface area contributed by atoms with E-state index in [2.05, 4.69) is 0 Å². The molecule has 0 aromatic heterocycles. The monoisotopic (exact) mass is 157 g/mol. The number of thiocarbonyl (C=S) groups is 1. The van der Waals surface area contributed by atoms with Gasteiger partial charge in [-0.25, -0.2) is 4.90 Å². The fourth-order valence-electron chi connectivity index (χ4n) is 0.928. The van der Waals surface area contributed by atoms with Crippen molar-refractivity contribution in [3.63, 3.8) is 0 Å². The maximum atomic E-state index is 10.8. The highest BCUT2D eigenvalue weighted by atomic mass is 32.1. The lowest BCUT2D eigenvalue weighted by Gasteiger charge is -2.08. The Morgan fingerprint density at radius 3 is 2.40 bits per heavy atom. The maximum absolute atomic E-state index is 10.8. The van der Waals surface area contributed by atoms with Crippen LogP contribution < -0.4 is 0 Å². The van der Waals surface area contributed by atoms with Crippen LogP contribution in [0, 0.1) is 0 Å². The summed E-state index contributed by atoms with van der Waals surface area (Å²) in [5.74, 6) is -0.440. The zero-order valence-electron chi connectivity index (χ0n) is 5.59. The molecule has 0 N–H and O–H groups in total. The van der Waals surface area contributed by atoms with Crippen LogP contribution in [0.5, 0.6) is 0 Å². The zero-order chi connectivity index (χ0) is 7.72. The van der Waals surface area contributed by atoms with E-state index in [4.69, 9.17) is 12.2 Å². The van der Waals surface area contributed by atoms with Crippen LogP contribution in [-0.2, 0) is 9.59 Å². The van der Waals surface area contributed by atoms with Crippen molar-refractivity contribution in [2.75, 3.05) is 0 Å². The van der Waals surface area contributed by atoms with Crippen LogP contribution >= 0.6 is 12.2 Å². The van der Waals surface area contributed by atoms with Crippen molar-refractivity contribution < 1.29 is 9.59 Å². The van der Waals surface area contributed by atoms with Crippen molar-refractivity contribution in [2.24, 2.45) is 0 Å². The van der Waals surface area contributed by atoms with E-state index in [-0.39, 0.29) is 11.8 Å². The van der Waals surface area contributed by atoms with Gasteiger partial charge in [-0.1, -0.05) is 12.2 Å². The molecule has 0 spiro atoms. The van der Waals surface area contributed by atoms with Crippen LogP contribution in [0.25, 0.3) is 0 Å². The fraction of sp³-hybridized carbons (Fsp3) is 0.500. The molecule has 0 unspecified atom stereocenters. The van der Waals surface area contributed by atoms with Crippen LogP contribution in [0.3, 0.4) is 0 Å². The third-order valence-corrected chi connectivity index (χ3v) is 1.75. The lowest BCUT2D eigenvalue weighted by atomic mass is 10.4. The molecule has 0 aliphatic carbocycles. The highest BCUT2D eigenvalue weighted by Gasteiger charge is 2.28. The predicted octanol–water partition coefficient (Wildman–Crippen LogP) is 0.483. The van der Waals surface area contributed by atoms with Crippen LogP contribution in [0.2, 0.25) is 0 Å². The second-order valence-electron chi connectivity index (χ2n) is 2.14. The van der Waals surface area contributed by atoms with E-state index in [0.29, 0.717) is 17.8 Å². The van der Waals surface area contributed by atoms with Gasteiger partial charge in [0.15, 0.2) is 0 Å². The van der Waals surface area contributed by atoms with E-state index >= 15 is 0 Å². The number of amides is 2. The Morgan fingerprint density at radius 2 is 2.20 bits per heavy atom. The van der Waals surface area contributed by atoms with Crippen molar-refractivity contribution in [2.45, 2.75) is 19.8 Å². The highest BCUT2D eigenvalue weighted by Crippen LogP contribution is 2.12. The molecule has 1 saturated heterocycles. The van der Waals surface area contributed by atoms with Gasteiger partial charge in [-0.2, -0.15) is 0 Å². The molecule has 2 amide bonds. The molecular weight excluding hydrogens is 150 g/mol. The van der Waals surface area contributed by atoms with Crippen molar-refractivity contribution >= 4 is 29.0 Å². The lowest BCUT2D eigenvalue weighted by molar-refractivity contribution is -0.136. The normalized spacial score (nSPS) is 18.3. The van der Waals surface area contributed by atoms with Gasteiger partial charge in [0, 0.05) is 19.8 Å². The standard InChI is InChI=1S/C6H7NO2S/c1-4(8)7-5(9)2-3-6(7)10/h2-3H2,1H3. The predicted molar refractivity (Wildman–Crippen MR) is 39.4 cm³/mol. The Balaban J connectivity index is 2.82. The number of hydrogen-bond acceptors (Lipinski definition) is 3. The van der Waals surface area contributed by atoms with Gasteiger partial charge in [-0.05, 0) is 0 Å². The first-order chi connectivity index (χ1) is 4.63. The van der Waals surface area contributed by atoms with Crippen molar-refractivity contribution in [3.05, 3.63) is 0 Å². The molecule has 0 bridgehead atoms. The summed E-state index contributed by atoms with van der Waals surface area (Å²) in [5.41, 5.74) is 0. The molecule has 4 heteroatoms. The summed E-state index contributed by atoms with van der Waals surface area (Å²) in [6.07, 6.45) is 0.937. The SMILES string of the molecule is CC(=O)N1C(=O)CCC1=S. The summed E-state index contributed by atoms with van der Waals surface area (Å²) in [5, 5.41) is 0. The topological polar surface area (TPSA) is 37.4 Å². The number of nitrogens with zero attached hydrogens (tertiary/aromatic N) is 1. The first-order valence-corrected chi connectivity index (χ1v) is 3.40. The molecule has 0 aromatic rings. The third-order valence-electron chi connectivity index (χ3n) is 1.37. The molecule has 10 heavy (non-hydrogen) atoms. The second kappa shape index (κ2) is 2.46. The first-order valence-electron chi connectivity index (χ1n) is 2.99. The summed E-state index contributed by atoms with van der Waals surface area (Å²) in [6.45, 7) is 1.34. The average Bonchev–Trinajstić information content (AvgIpc) is 2.11. The van der Waals surface area contributed by atoms with Gasteiger partial charge in [0.25, 0.3) is 0 Å². The molecule has 1 heterocycles. The van der Waals surface area contributed by atoms with Gasteiger partial charge in [-0.15, -0.1) is 0 Å². The van der Waals surface area contributed by atoms with E-state index in [1.54, 1.807) is 0 Å². The van der Waals surface area contributed by atoms with Gasteiger partial charge in [-0.3, -0.25) is 9.59 Å². The molecule has 0 saturated carbocycles. The molecule has 54 valence electrons. The van der Waals surface area contributed by atoms with E-state index < -0.39 is 0 Å². The van der Waals surface area contributed by atoms with Crippen molar-refractivity contribution in [3.8, 4) is 0 Å². The molecule has 1 rings (SSSR count). The number of imide groups is 1. The van der Waals surface area contributed by atoms with Crippen molar-refractivity contribution in [1.29, 1.82) is 0 Å². The second-order valence-corrected chi connectivity index (χ2v) is 2.61. The number of rotatable bonds is 0. The summed E-state index contributed by atoms with van der Waals surface area (Å²) in [6, 6.07) is 0. The van der Waals surface area contributed by atoms with Crippen molar-refractivity contribution in [1.82, 2.24) is 4.90 Å². The zero-order valence-corrected chi connectivity index (χ0v) is 6.40. The van der Waals surface area contributed by atoms with E-state index in [9.17, 15) is 9.59 Å². The maximum Gasteiger partial charge on any atom is 0.234 e. The smallest absolute Gasteiger partial charge is 0.234 e. The Hall–Kier alpha value is -0.770. The fourth-order valence-corrected chi connectivity index (χ4v) is 1.26. The quantitative estimate of drug-likeness (QED) is 0.480. The Morgan fingerprint density at radius 1 is 1.60 bits per heavy atom. The molecular formula is C6H7NO2S. The summed E-state index contributed by atoms with van der Waals surface area (Å²) < 4.78 is 0. The molecule has 0 radical (unpaired) electrons. The minimum absolute atomic E-state index is 0.169. The van der Waals surface area contributed by atoms with Gasteiger partial charge in [0.05, 0.1) is 4.99 Å². The molecule has 3 nitrogen and oxygen atoms in total. The van der Waals surface area contributed by atoms with Gasteiger partial charge >= 0.3 is 0 Å². The van der Waals surface area contributed by atoms with E-state index in [1.165, 1.54) is 6.92 Å². The molecule has 1 aliphatic heterocycles. The molecule has 0 aromatic carbocycles. The lowest BCUT2D eigenvalue weighted by Crippen LogP contribution is -2.32. The number of likely N-dealkylation sites (tertiary alicyclic amines) is 1. The highest BCUT2D eigenvalue weighted by molar-refractivity contribution is 7.80. The number of carbonyl (C=O) groups excluding carboxylic acids is 2. The Kier molecular flexibility index (Phi) is 1.80. The van der Waals surface area contributed by atoms with Gasteiger partial charge in [0.2, 0.25) is 11.8 Å². The number of hydrogen-bond donors (Lipinski definition) is 0. The third kappa shape index (κ3) is 1.07. The van der Waals surface area contributed by atoms with Crippen LogP contribution in [0.1, 0.15) is 19.8 Å². The summed E-state index contributed by atoms with van der Waals surface area (Å²) in [7, 11) is 0. The van der Waals surface area contributed by atoms with Crippen LogP contribution in [-0.4, -0.2) is 21.7 Å². The molecule has 0 atom stereocenters. The minimum atomic E-state index is -0.271. The number of carbonyl (C=O) groups is 2. The summed E-state index contributed by atoms with van der Waals surface area (Å²) >= 11 is 4.78. The first kappa shape index (κ1) is 7.34. The van der Waals surface area contributed by atoms with Crippen LogP contribution in [0.4, 0.5) is 0 Å².